The average molecular weight is 391 g/mol. The van der Waals surface area contributed by atoms with Crippen LogP contribution < -0.4 is 26.7 Å². The number of phenolic OH excluding ortho intramolecular Hbond substituents is 1. The maximum atomic E-state index is 13.2. The standard InChI is InChI=1S/C21H21N5O3/c1-12-6-4-7-13(2)18(12)26-16(22-20-17(21(26)28)23-25-24-20)11-10-14-8-5-9-15(29-3)19(14)27/h4-11,23-25,27H,1-3H3/b11-10+. The maximum Gasteiger partial charge on any atom is 0.285 e. The number of nitrogens with zero attached hydrogens (tertiary/aromatic N) is 2. The molecule has 0 unspecified atom stereocenters. The molecule has 3 aromatic rings. The van der Waals surface area contributed by atoms with Gasteiger partial charge in [0.25, 0.3) is 5.56 Å². The van der Waals surface area contributed by atoms with E-state index in [1.54, 1.807) is 34.9 Å². The van der Waals surface area contributed by atoms with E-state index in [1.165, 1.54) is 7.11 Å². The number of hydrogen-bond acceptors (Lipinski definition) is 7. The number of benzene rings is 2. The highest BCUT2D eigenvalue weighted by Gasteiger charge is 2.21. The molecular formula is C21H21N5O3. The van der Waals surface area contributed by atoms with Crippen LogP contribution in [0.15, 0.2) is 41.2 Å². The SMILES string of the molecule is COc1cccc(/C=C/c2nc3c(c(=O)n2-c2c(C)cccc2C)NNN3)c1O. The topological polar surface area (TPSA) is 100 Å². The van der Waals surface area contributed by atoms with Gasteiger partial charge < -0.3 is 9.84 Å². The molecule has 0 radical (unpaired) electrons. The summed E-state index contributed by atoms with van der Waals surface area (Å²) in [4.78, 5) is 17.8. The molecule has 148 valence electrons. The van der Waals surface area contributed by atoms with Crippen LogP contribution in [0.4, 0.5) is 11.5 Å². The van der Waals surface area contributed by atoms with E-state index in [9.17, 15) is 9.90 Å². The second-order valence-corrected chi connectivity index (χ2v) is 6.68. The fourth-order valence-electron chi connectivity index (χ4n) is 3.38. The number of hydrogen-bond donors (Lipinski definition) is 4. The van der Waals surface area contributed by atoms with Crippen molar-refractivity contribution in [2.45, 2.75) is 13.8 Å². The molecule has 2 heterocycles. The van der Waals surface area contributed by atoms with Crippen molar-refractivity contribution in [2.24, 2.45) is 0 Å². The van der Waals surface area contributed by atoms with Gasteiger partial charge in [0.1, 0.15) is 5.82 Å². The monoisotopic (exact) mass is 391 g/mol. The van der Waals surface area contributed by atoms with Gasteiger partial charge in [-0.15, -0.1) is 5.53 Å². The molecular weight excluding hydrogens is 370 g/mol. The Morgan fingerprint density at radius 2 is 1.79 bits per heavy atom. The van der Waals surface area contributed by atoms with Gasteiger partial charge in [0.15, 0.2) is 23.0 Å². The number of methoxy groups -OCH3 is 1. The summed E-state index contributed by atoms with van der Waals surface area (Å²) in [6.07, 6.45) is 3.40. The number of nitrogens with one attached hydrogen (secondary N) is 3. The second kappa shape index (κ2) is 7.33. The van der Waals surface area contributed by atoms with Crippen LogP contribution in [0, 0.1) is 13.8 Å². The quantitative estimate of drug-likeness (QED) is 0.542. The number of hydrazine groups is 2. The zero-order valence-electron chi connectivity index (χ0n) is 16.3. The van der Waals surface area contributed by atoms with Gasteiger partial charge in [-0.25, -0.2) is 4.98 Å². The Kier molecular flexibility index (Phi) is 4.69. The molecule has 29 heavy (non-hydrogen) atoms. The molecule has 2 aromatic carbocycles. The third-order valence-electron chi connectivity index (χ3n) is 4.80. The number of para-hydroxylation sites is 2. The lowest BCUT2D eigenvalue weighted by Crippen LogP contribution is -2.26. The highest BCUT2D eigenvalue weighted by molar-refractivity contribution is 5.75. The first kappa shape index (κ1) is 18.6. The summed E-state index contributed by atoms with van der Waals surface area (Å²) in [5.41, 5.74) is 11.7. The Hall–Kier alpha value is -3.78. The number of anilines is 2. The highest BCUT2D eigenvalue weighted by Crippen LogP contribution is 2.31. The van der Waals surface area contributed by atoms with Crippen LogP contribution >= 0.6 is 0 Å². The molecule has 0 bridgehead atoms. The number of aromatic hydroxyl groups is 1. The minimum atomic E-state index is -0.237. The summed E-state index contributed by atoms with van der Waals surface area (Å²) >= 11 is 0. The number of aryl methyl sites for hydroxylation is 2. The number of rotatable bonds is 4. The summed E-state index contributed by atoms with van der Waals surface area (Å²) in [5, 5.41) is 10.4. The lowest BCUT2D eigenvalue weighted by molar-refractivity contribution is 0.373. The van der Waals surface area contributed by atoms with Crippen LogP contribution in [-0.4, -0.2) is 21.8 Å². The lowest BCUT2D eigenvalue weighted by atomic mass is 10.1. The fourth-order valence-corrected chi connectivity index (χ4v) is 3.38. The average Bonchev–Trinajstić information content (AvgIpc) is 3.18. The Labute approximate surface area is 167 Å². The van der Waals surface area contributed by atoms with Crippen molar-refractivity contribution >= 4 is 23.7 Å². The van der Waals surface area contributed by atoms with Gasteiger partial charge in [-0.05, 0) is 43.2 Å². The second-order valence-electron chi connectivity index (χ2n) is 6.68. The van der Waals surface area contributed by atoms with Crippen LogP contribution in [0.5, 0.6) is 11.5 Å². The van der Waals surface area contributed by atoms with Crippen molar-refractivity contribution in [3.05, 3.63) is 69.3 Å². The zero-order chi connectivity index (χ0) is 20.5. The molecule has 8 nitrogen and oxygen atoms in total. The Morgan fingerprint density at radius 3 is 2.52 bits per heavy atom. The van der Waals surface area contributed by atoms with E-state index in [1.807, 2.05) is 32.0 Å². The summed E-state index contributed by atoms with van der Waals surface area (Å²) in [7, 11) is 1.49. The third-order valence-corrected chi connectivity index (χ3v) is 4.80. The summed E-state index contributed by atoms with van der Waals surface area (Å²) < 4.78 is 6.73. The number of aromatic nitrogens is 2. The van der Waals surface area contributed by atoms with Crippen molar-refractivity contribution in [1.82, 2.24) is 15.1 Å². The van der Waals surface area contributed by atoms with Crippen LogP contribution in [0.2, 0.25) is 0 Å². The van der Waals surface area contributed by atoms with Crippen molar-refractivity contribution in [3.63, 3.8) is 0 Å². The zero-order valence-corrected chi connectivity index (χ0v) is 16.3. The molecule has 0 saturated heterocycles. The molecule has 0 saturated carbocycles. The van der Waals surface area contributed by atoms with Gasteiger partial charge in [-0.3, -0.25) is 20.2 Å². The van der Waals surface area contributed by atoms with E-state index >= 15 is 0 Å². The minimum absolute atomic E-state index is 0.0230. The molecule has 0 spiro atoms. The molecule has 0 aliphatic carbocycles. The normalized spacial score (nSPS) is 12.5. The first-order valence-corrected chi connectivity index (χ1v) is 9.06. The van der Waals surface area contributed by atoms with Gasteiger partial charge in [-0.1, -0.05) is 30.3 Å². The Morgan fingerprint density at radius 1 is 1.07 bits per heavy atom. The predicted molar refractivity (Wildman–Crippen MR) is 113 cm³/mol. The van der Waals surface area contributed by atoms with E-state index in [4.69, 9.17) is 4.74 Å². The fraction of sp³-hybridized carbons (Fsp3) is 0.143. The third kappa shape index (κ3) is 3.19. The molecule has 0 atom stereocenters. The van der Waals surface area contributed by atoms with Gasteiger partial charge in [0.2, 0.25) is 0 Å². The van der Waals surface area contributed by atoms with Gasteiger partial charge in [0.05, 0.1) is 12.8 Å². The molecule has 0 fully saturated rings. The van der Waals surface area contributed by atoms with E-state index in [-0.39, 0.29) is 11.3 Å². The van der Waals surface area contributed by atoms with E-state index in [0.717, 1.165) is 16.8 Å². The van der Waals surface area contributed by atoms with Crippen molar-refractivity contribution < 1.29 is 9.84 Å². The van der Waals surface area contributed by atoms with E-state index in [0.29, 0.717) is 28.6 Å². The molecule has 1 aromatic heterocycles. The molecule has 1 aliphatic rings. The maximum absolute atomic E-state index is 13.2. The number of ether oxygens (including phenoxy) is 1. The largest absolute Gasteiger partial charge is 0.504 e. The van der Waals surface area contributed by atoms with Crippen molar-refractivity contribution in [1.29, 1.82) is 0 Å². The Bertz CT molecular complexity index is 1160. The number of fused-ring (bicyclic) bond motifs is 1. The Balaban J connectivity index is 1.92. The molecule has 0 amide bonds. The lowest BCUT2D eigenvalue weighted by Gasteiger charge is -2.16. The first-order valence-electron chi connectivity index (χ1n) is 9.06. The van der Waals surface area contributed by atoms with Crippen molar-refractivity contribution in [2.75, 3.05) is 18.0 Å². The first-order chi connectivity index (χ1) is 14.0. The van der Waals surface area contributed by atoms with Gasteiger partial charge in [0, 0.05) is 5.56 Å². The summed E-state index contributed by atoms with van der Waals surface area (Å²) in [6, 6.07) is 11.1. The van der Waals surface area contributed by atoms with E-state index < -0.39 is 0 Å². The summed E-state index contributed by atoms with van der Waals surface area (Å²) in [6.45, 7) is 3.90. The van der Waals surface area contributed by atoms with E-state index in [2.05, 4.69) is 21.4 Å². The number of phenols is 1. The van der Waals surface area contributed by atoms with Crippen molar-refractivity contribution in [3.8, 4) is 17.2 Å². The highest BCUT2D eigenvalue weighted by atomic mass is 16.5. The van der Waals surface area contributed by atoms with Crippen LogP contribution in [0.3, 0.4) is 0 Å². The predicted octanol–water partition coefficient (Wildman–Crippen LogP) is 2.99. The minimum Gasteiger partial charge on any atom is -0.504 e. The van der Waals surface area contributed by atoms with Gasteiger partial charge in [-0.2, -0.15) is 0 Å². The molecule has 8 heteroatoms. The van der Waals surface area contributed by atoms with Crippen LogP contribution in [-0.2, 0) is 0 Å². The molecule has 1 aliphatic heterocycles. The van der Waals surface area contributed by atoms with Gasteiger partial charge >= 0.3 is 0 Å². The van der Waals surface area contributed by atoms with Crippen LogP contribution in [0.1, 0.15) is 22.5 Å². The van der Waals surface area contributed by atoms with Crippen LogP contribution in [0.25, 0.3) is 17.8 Å². The molecule has 4 N–H and O–H groups in total. The summed E-state index contributed by atoms with van der Waals surface area (Å²) in [5.74, 6) is 1.23. The molecule has 4 rings (SSSR count). The smallest absolute Gasteiger partial charge is 0.285 e.